The third-order valence-electron chi connectivity index (χ3n) is 4.77. The van der Waals surface area contributed by atoms with Gasteiger partial charge in [0.1, 0.15) is 0 Å². The summed E-state index contributed by atoms with van der Waals surface area (Å²) >= 11 is 0. The first-order valence-electron chi connectivity index (χ1n) is 9.07. The fraction of sp³-hybridized carbons (Fsp3) is 0.421. The highest BCUT2D eigenvalue weighted by molar-refractivity contribution is 5.95. The summed E-state index contributed by atoms with van der Waals surface area (Å²) in [7, 11) is 0. The average molecular weight is 369 g/mol. The predicted octanol–water partition coefficient (Wildman–Crippen LogP) is 2.39. The molecule has 2 atom stereocenters. The van der Waals surface area contributed by atoms with Crippen LogP contribution in [-0.4, -0.2) is 43.6 Å². The number of carbonyl (C=O) groups is 2. The monoisotopic (exact) mass is 369 g/mol. The third kappa shape index (κ3) is 4.39. The molecular formula is C19H23N5O3. The lowest BCUT2D eigenvalue weighted by molar-refractivity contribution is -0.142. The van der Waals surface area contributed by atoms with Gasteiger partial charge in [0.15, 0.2) is 5.82 Å². The number of hydrogen-bond donors (Lipinski definition) is 3. The van der Waals surface area contributed by atoms with Crippen molar-refractivity contribution in [1.82, 2.24) is 25.9 Å². The lowest BCUT2D eigenvalue weighted by Gasteiger charge is -2.23. The van der Waals surface area contributed by atoms with E-state index in [1.807, 2.05) is 6.92 Å². The van der Waals surface area contributed by atoms with Crippen LogP contribution in [0.4, 0.5) is 0 Å². The molecule has 142 valence electrons. The Morgan fingerprint density at radius 3 is 2.48 bits per heavy atom. The van der Waals surface area contributed by atoms with E-state index in [1.165, 1.54) is 0 Å². The molecule has 1 aliphatic carbocycles. The number of carboxylic acid groups (broad SMARTS) is 1. The highest BCUT2D eigenvalue weighted by atomic mass is 16.4. The molecule has 1 fully saturated rings. The van der Waals surface area contributed by atoms with Crippen LogP contribution in [0.2, 0.25) is 0 Å². The first-order chi connectivity index (χ1) is 13.0. The van der Waals surface area contributed by atoms with Crippen molar-refractivity contribution in [3.05, 3.63) is 47.8 Å². The van der Waals surface area contributed by atoms with Gasteiger partial charge in [0, 0.05) is 11.6 Å². The molecule has 0 aliphatic heterocycles. The first kappa shape index (κ1) is 18.8. The molecule has 0 saturated heterocycles. The van der Waals surface area contributed by atoms with E-state index in [0.717, 1.165) is 18.4 Å². The second kappa shape index (κ2) is 8.11. The van der Waals surface area contributed by atoms with E-state index < -0.39 is 17.8 Å². The van der Waals surface area contributed by atoms with Crippen molar-refractivity contribution in [2.24, 2.45) is 5.92 Å². The Morgan fingerprint density at radius 2 is 1.96 bits per heavy atom. The molecule has 0 radical (unpaired) electrons. The number of hydrogen-bond acceptors (Lipinski definition) is 5. The van der Waals surface area contributed by atoms with Crippen molar-refractivity contribution < 1.29 is 14.7 Å². The van der Waals surface area contributed by atoms with Crippen LogP contribution < -0.4 is 5.32 Å². The summed E-state index contributed by atoms with van der Waals surface area (Å²) in [5.74, 6) is -2.03. The summed E-state index contributed by atoms with van der Waals surface area (Å²) in [6.45, 7) is 6.04. The van der Waals surface area contributed by atoms with Crippen LogP contribution in [0.5, 0.6) is 0 Å². The molecule has 3 N–H and O–H groups in total. The molecule has 2 aromatic rings. The molecule has 3 rings (SSSR count). The van der Waals surface area contributed by atoms with Crippen molar-refractivity contribution in [2.75, 3.05) is 0 Å². The maximum Gasteiger partial charge on any atom is 0.307 e. The molecule has 1 amide bonds. The van der Waals surface area contributed by atoms with Crippen LogP contribution in [0.15, 0.2) is 30.8 Å². The van der Waals surface area contributed by atoms with Crippen LogP contribution in [0.25, 0.3) is 5.57 Å². The SMILES string of the molecule is C=C(c1ccc(C(=O)NC2CC2)cc1)C(c1nn[nH]n1)C(CCC)C(=O)O. The molecule has 2 unspecified atom stereocenters. The smallest absolute Gasteiger partial charge is 0.307 e. The van der Waals surface area contributed by atoms with Crippen molar-refractivity contribution in [3.8, 4) is 0 Å². The maximum absolute atomic E-state index is 12.1. The number of nitrogens with zero attached hydrogens (tertiary/aromatic N) is 3. The van der Waals surface area contributed by atoms with Crippen LogP contribution in [-0.2, 0) is 4.79 Å². The highest BCUT2D eigenvalue weighted by Gasteiger charge is 2.34. The third-order valence-corrected chi connectivity index (χ3v) is 4.77. The summed E-state index contributed by atoms with van der Waals surface area (Å²) in [4.78, 5) is 24.0. The molecule has 8 heteroatoms. The van der Waals surface area contributed by atoms with E-state index in [2.05, 4.69) is 32.5 Å². The molecule has 0 bridgehead atoms. The predicted molar refractivity (Wildman–Crippen MR) is 98.9 cm³/mol. The minimum Gasteiger partial charge on any atom is -0.481 e. The zero-order chi connectivity index (χ0) is 19.4. The number of rotatable bonds is 9. The van der Waals surface area contributed by atoms with Crippen LogP contribution in [0, 0.1) is 5.92 Å². The second-order valence-electron chi connectivity index (χ2n) is 6.83. The van der Waals surface area contributed by atoms with Gasteiger partial charge in [-0.15, -0.1) is 10.2 Å². The Morgan fingerprint density at radius 1 is 1.30 bits per heavy atom. The first-order valence-corrected chi connectivity index (χ1v) is 9.07. The van der Waals surface area contributed by atoms with Gasteiger partial charge in [0.05, 0.1) is 11.8 Å². The fourth-order valence-electron chi connectivity index (χ4n) is 3.14. The van der Waals surface area contributed by atoms with Gasteiger partial charge in [-0.3, -0.25) is 9.59 Å². The van der Waals surface area contributed by atoms with E-state index in [-0.39, 0.29) is 5.91 Å². The molecule has 1 heterocycles. The zero-order valence-electron chi connectivity index (χ0n) is 15.2. The number of aliphatic carboxylic acids is 1. The number of aromatic nitrogens is 4. The van der Waals surface area contributed by atoms with Crippen LogP contribution >= 0.6 is 0 Å². The zero-order valence-corrected chi connectivity index (χ0v) is 15.2. The lowest BCUT2D eigenvalue weighted by Crippen LogP contribution is -2.25. The van der Waals surface area contributed by atoms with E-state index in [1.54, 1.807) is 24.3 Å². The number of carbonyl (C=O) groups excluding carboxylic acids is 1. The summed E-state index contributed by atoms with van der Waals surface area (Å²) in [5.41, 5.74) is 1.90. The Kier molecular flexibility index (Phi) is 5.63. The van der Waals surface area contributed by atoms with Gasteiger partial charge in [-0.25, -0.2) is 0 Å². The van der Waals surface area contributed by atoms with Crippen LogP contribution in [0.3, 0.4) is 0 Å². The van der Waals surface area contributed by atoms with Crippen molar-refractivity contribution in [3.63, 3.8) is 0 Å². The van der Waals surface area contributed by atoms with Crippen molar-refractivity contribution in [2.45, 2.75) is 44.6 Å². The van der Waals surface area contributed by atoms with Gasteiger partial charge in [-0.2, -0.15) is 5.21 Å². The van der Waals surface area contributed by atoms with Gasteiger partial charge in [-0.05, 0) is 42.5 Å². The summed E-state index contributed by atoms with van der Waals surface area (Å²) in [6, 6.07) is 7.30. The minimum atomic E-state index is -0.923. The average Bonchev–Trinajstić information content (AvgIpc) is 3.31. The molecule has 1 saturated carbocycles. The van der Waals surface area contributed by atoms with E-state index >= 15 is 0 Å². The quantitative estimate of drug-likeness (QED) is 0.624. The number of nitrogens with one attached hydrogen (secondary N) is 2. The molecule has 27 heavy (non-hydrogen) atoms. The summed E-state index contributed by atoms with van der Waals surface area (Å²) in [5, 5.41) is 26.6. The summed E-state index contributed by atoms with van der Waals surface area (Å²) < 4.78 is 0. The minimum absolute atomic E-state index is 0.0984. The van der Waals surface area contributed by atoms with Gasteiger partial charge in [0.2, 0.25) is 0 Å². The number of H-pyrrole nitrogens is 1. The maximum atomic E-state index is 12.1. The van der Waals surface area contributed by atoms with Gasteiger partial charge in [0.25, 0.3) is 5.91 Å². The Balaban J connectivity index is 1.84. The van der Waals surface area contributed by atoms with Crippen molar-refractivity contribution >= 4 is 17.4 Å². The van der Waals surface area contributed by atoms with Crippen LogP contribution in [0.1, 0.15) is 60.3 Å². The number of tetrazole rings is 1. The number of allylic oxidation sites excluding steroid dienone is 1. The molecular weight excluding hydrogens is 346 g/mol. The standard InChI is InChI=1S/C19H23N5O3/c1-3-4-15(19(26)27)16(17-21-23-24-22-17)11(2)12-5-7-13(8-6-12)18(25)20-14-9-10-14/h5-8,14-16H,2-4,9-10H2,1H3,(H,20,25)(H,26,27)(H,21,22,23,24). The molecule has 1 aromatic carbocycles. The summed E-state index contributed by atoms with van der Waals surface area (Å²) in [6.07, 6.45) is 3.23. The Bertz CT molecular complexity index is 812. The second-order valence-corrected chi connectivity index (χ2v) is 6.83. The van der Waals surface area contributed by atoms with Crippen molar-refractivity contribution in [1.29, 1.82) is 0 Å². The molecule has 1 aromatic heterocycles. The molecule has 1 aliphatic rings. The normalized spacial score (nSPS) is 15.7. The number of amides is 1. The Hall–Kier alpha value is -3.03. The van der Waals surface area contributed by atoms with Gasteiger partial charge < -0.3 is 10.4 Å². The number of aromatic amines is 1. The van der Waals surface area contributed by atoms with Gasteiger partial charge in [-0.1, -0.05) is 37.3 Å². The van der Waals surface area contributed by atoms with E-state index in [0.29, 0.717) is 35.8 Å². The lowest BCUT2D eigenvalue weighted by atomic mass is 9.80. The highest BCUT2D eigenvalue weighted by Crippen LogP contribution is 2.37. The molecule has 8 nitrogen and oxygen atoms in total. The fourth-order valence-corrected chi connectivity index (χ4v) is 3.14. The number of benzene rings is 1. The molecule has 0 spiro atoms. The van der Waals surface area contributed by atoms with Gasteiger partial charge >= 0.3 is 5.97 Å². The largest absolute Gasteiger partial charge is 0.481 e. The number of carboxylic acids is 1. The Labute approximate surface area is 157 Å². The van der Waals surface area contributed by atoms with E-state index in [4.69, 9.17) is 0 Å². The topological polar surface area (TPSA) is 121 Å². The van der Waals surface area contributed by atoms with E-state index in [9.17, 15) is 14.7 Å².